The topological polar surface area (TPSA) is 175 Å². The van der Waals surface area contributed by atoms with Crippen LogP contribution < -0.4 is 0 Å². The first-order valence-corrected chi connectivity index (χ1v) is 26.9. The van der Waals surface area contributed by atoms with Gasteiger partial charge in [0.05, 0.1) is 6.61 Å². The third kappa shape index (κ3) is 36.9. The van der Waals surface area contributed by atoms with E-state index < -0.39 is 67.3 Å². The number of rotatable bonds is 43. The van der Waals surface area contributed by atoms with E-state index in [1.165, 1.54) is 25.7 Å². The molecule has 0 spiro atoms. The second kappa shape index (κ2) is 46.5. The maximum atomic E-state index is 13.0. The molecule has 6 atom stereocenters. The first-order valence-electron chi connectivity index (χ1n) is 26.9. The number of hydrogen-bond acceptors (Lipinski definition) is 11. The Labute approximate surface area is 427 Å². The van der Waals surface area contributed by atoms with Gasteiger partial charge in [0.1, 0.15) is 18.8 Å². The average Bonchev–Trinajstić information content (AvgIpc) is 3.35. The second-order valence-electron chi connectivity index (χ2n) is 17.8. The zero-order valence-corrected chi connectivity index (χ0v) is 43.7. The number of allylic oxidation sites excluding steroid dienone is 18. The fourth-order valence-corrected chi connectivity index (χ4v) is 7.27. The van der Waals surface area contributed by atoms with E-state index in [1.54, 1.807) is 0 Å². The number of carbonyl (C=O) groups excluding carboxylic acids is 3. The highest BCUT2D eigenvalue weighted by molar-refractivity contribution is 5.74. The number of unbranched alkanes of at least 4 members (excludes halogenated alkanes) is 11. The lowest BCUT2D eigenvalue weighted by Crippen LogP contribution is -2.61. The maximum Gasteiger partial charge on any atom is 0.335 e. The first kappa shape index (κ1) is 64.4. The Balaban J connectivity index is 2.76. The van der Waals surface area contributed by atoms with Crippen molar-refractivity contribution in [1.29, 1.82) is 0 Å². The van der Waals surface area contributed by atoms with Crippen LogP contribution in [0.4, 0.5) is 0 Å². The van der Waals surface area contributed by atoms with Gasteiger partial charge >= 0.3 is 23.9 Å². The van der Waals surface area contributed by atoms with Crippen LogP contribution in [0.2, 0.25) is 0 Å². The van der Waals surface area contributed by atoms with E-state index in [-0.39, 0.29) is 25.9 Å². The van der Waals surface area contributed by atoms with Gasteiger partial charge in [-0.3, -0.25) is 14.4 Å². The van der Waals surface area contributed by atoms with Gasteiger partial charge in [-0.1, -0.05) is 182 Å². The van der Waals surface area contributed by atoms with Crippen LogP contribution >= 0.6 is 0 Å². The van der Waals surface area contributed by atoms with Crippen LogP contribution in [-0.4, -0.2) is 89.2 Å². The molecule has 0 saturated carbocycles. The van der Waals surface area contributed by atoms with E-state index in [0.717, 1.165) is 89.9 Å². The Morgan fingerprint density at radius 1 is 0.479 bits per heavy atom. The van der Waals surface area contributed by atoms with Crippen LogP contribution in [0, 0.1) is 0 Å². The Morgan fingerprint density at radius 2 is 0.901 bits per heavy atom. The molecule has 0 aromatic carbocycles. The molecule has 400 valence electrons. The number of carboxylic acids is 1. The van der Waals surface area contributed by atoms with Crippen molar-refractivity contribution in [2.75, 3.05) is 13.2 Å². The van der Waals surface area contributed by atoms with Crippen LogP contribution in [-0.2, 0) is 42.9 Å². The molecule has 0 radical (unpaired) electrons. The number of carbonyl (C=O) groups is 4. The predicted octanol–water partition coefficient (Wildman–Crippen LogP) is 13.1. The number of aliphatic hydroxyl groups is 2. The summed E-state index contributed by atoms with van der Waals surface area (Å²) in [6.07, 6.45) is 49.5. The van der Waals surface area contributed by atoms with Gasteiger partial charge in [-0.15, -0.1) is 0 Å². The molecular formula is C59H92O12. The lowest BCUT2D eigenvalue weighted by atomic mass is 9.98. The second-order valence-corrected chi connectivity index (χ2v) is 17.8. The summed E-state index contributed by atoms with van der Waals surface area (Å²) in [7, 11) is 0. The van der Waals surface area contributed by atoms with Gasteiger partial charge in [0.2, 0.25) is 0 Å². The molecule has 12 nitrogen and oxygen atoms in total. The Bertz CT molecular complexity index is 1650. The summed E-state index contributed by atoms with van der Waals surface area (Å²) in [5.41, 5.74) is 0. The number of ether oxygens (including phenoxy) is 5. The Morgan fingerprint density at radius 3 is 1.39 bits per heavy atom. The zero-order chi connectivity index (χ0) is 51.8. The largest absolute Gasteiger partial charge is 0.479 e. The van der Waals surface area contributed by atoms with Crippen LogP contribution in [0.15, 0.2) is 109 Å². The Hall–Kier alpha value is -4.62. The molecule has 3 N–H and O–H groups in total. The standard InChI is InChI=1S/C59H92O12/c1-4-7-10-13-16-19-21-23-25-26-28-29-31-34-36-39-42-45-51(60)67-48-50(69-52(61)46-43-40-37-33-18-15-12-9-6-3)49-68-59-57(55(64)54(63)56(71-59)58(65)66)70-53(62)47-44-41-38-35-32-30-27-24-22-20-17-14-11-8-5-2/h7-8,10-11,16-17,19-20,23-25,27-29,32,34-36,50,54-57,59,63-64H,4-6,9,12-15,18,21-22,26,30-31,33,37-49H2,1-3H3,(H,65,66)/b10-7-,11-8-,19-16-,20-17-,25-23-,27-24-,29-28-,35-32-,36-34-. The van der Waals surface area contributed by atoms with Gasteiger partial charge < -0.3 is 39.0 Å². The summed E-state index contributed by atoms with van der Waals surface area (Å²) >= 11 is 0. The van der Waals surface area contributed by atoms with Crippen molar-refractivity contribution >= 4 is 23.9 Å². The molecule has 0 amide bonds. The van der Waals surface area contributed by atoms with Gasteiger partial charge in [0.25, 0.3) is 0 Å². The number of esters is 3. The molecular weight excluding hydrogens is 901 g/mol. The zero-order valence-electron chi connectivity index (χ0n) is 43.7. The lowest BCUT2D eigenvalue weighted by molar-refractivity contribution is -0.301. The van der Waals surface area contributed by atoms with Gasteiger partial charge in [-0.05, 0) is 96.3 Å². The van der Waals surface area contributed by atoms with Crippen LogP contribution in [0.25, 0.3) is 0 Å². The number of aliphatic carboxylic acids is 1. The summed E-state index contributed by atoms with van der Waals surface area (Å²) in [5.74, 6) is -3.27. The first-order chi connectivity index (χ1) is 34.6. The molecule has 1 heterocycles. The predicted molar refractivity (Wildman–Crippen MR) is 284 cm³/mol. The highest BCUT2D eigenvalue weighted by Crippen LogP contribution is 2.26. The molecule has 1 rings (SSSR count). The summed E-state index contributed by atoms with van der Waals surface area (Å²) in [5, 5.41) is 31.3. The fourth-order valence-electron chi connectivity index (χ4n) is 7.27. The van der Waals surface area contributed by atoms with Crippen molar-refractivity contribution in [3.05, 3.63) is 109 Å². The van der Waals surface area contributed by atoms with E-state index in [0.29, 0.717) is 32.1 Å². The van der Waals surface area contributed by atoms with Crippen LogP contribution in [0.3, 0.4) is 0 Å². The smallest absolute Gasteiger partial charge is 0.335 e. The van der Waals surface area contributed by atoms with E-state index in [4.69, 9.17) is 23.7 Å². The number of aliphatic hydroxyl groups excluding tert-OH is 2. The molecule has 12 heteroatoms. The molecule has 71 heavy (non-hydrogen) atoms. The molecule has 0 aromatic heterocycles. The van der Waals surface area contributed by atoms with E-state index in [1.807, 2.05) is 6.08 Å². The van der Waals surface area contributed by atoms with Crippen LogP contribution in [0.5, 0.6) is 0 Å². The highest BCUT2D eigenvalue weighted by atomic mass is 16.7. The molecule has 1 aliphatic rings. The van der Waals surface area contributed by atoms with Crippen molar-refractivity contribution < 1.29 is 58.2 Å². The van der Waals surface area contributed by atoms with Crippen molar-refractivity contribution in [3.8, 4) is 0 Å². The van der Waals surface area contributed by atoms with Crippen LogP contribution in [0.1, 0.15) is 188 Å². The van der Waals surface area contributed by atoms with E-state index in [2.05, 4.69) is 124 Å². The molecule has 1 fully saturated rings. The minimum atomic E-state index is -1.93. The average molecular weight is 993 g/mol. The molecule has 6 unspecified atom stereocenters. The quantitative estimate of drug-likeness (QED) is 0.0229. The van der Waals surface area contributed by atoms with Gasteiger partial charge in [0.15, 0.2) is 24.6 Å². The fraction of sp³-hybridized carbons (Fsp3) is 0.627. The molecule has 1 aliphatic heterocycles. The third-order valence-corrected chi connectivity index (χ3v) is 11.3. The van der Waals surface area contributed by atoms with Crippen molar-refractivity contribution in [2.24, 2.45) is 0 Å². The lowest BCUT2D eigenvalue weighted by Gasteiger charge is -2.40. The Kier molecular flexibility index (Phi) is 42.1. The summed E-state index contributed by atoms with van der Waals surface area (Å²) in [6.45, 7) is 5.63. The van der Waals surface area contributed by atoms with Crippen molar-refractivity contribution in [2.45, 2.75) is 225 Å². The third-order valence-electron chi connectivity index (χ3n) is 11.3. The van der Waals surface area contributed by atoms with Crippen molar-refractivity contribution in [3.63, 3.8) is 0 Å². The van der Waals surface area contributed by atoms with Crippen molar-refractivity contribution in [1.82, 2.24) is 0 Å². The minimum Gasteiger partial charge on any atom is -0.479 e. The van der Waals surface area contributed by atoms with Gasteiger partial charge in [0, 0.05) is 19.3 Å². The number of hydrogen-bond donors (Lipinski definition) is 3. The molecule has 0 aliphatic carbocycles. The van der Waals surface area contributed by atoms with Gasteiger partial charge in [-0.25, -0.2) is 4.79 Å². The summed E-state index contributed by atoms with van der Waals surface area (Å²) < 4.78 is 28.2. The maximum absolute atomic E-state index is 13.0. The summed E-state index contributed by atoms with van der Waals surface area (Å²) in [4.78, 5) is 50.8. The van der Waals surface area contributed by atoms with Gasteiger partial charge in [-0.2, -0.15) is 0 Å². The molecule has 0 aromatic rings. The highest BCUT2D eigenvalue weighted by Gasteiger charge is 2.50. The molecule has 0 bridgehead atoms. The monoisotopic (exact) mass is 993 g/mol. The SMILES string of the molecule is CC/C=C\C/C=C\C/C=C\C/C=C\C/C=C\CCCC(=O)OCC(COC1OC(C(=O)O)C(O)C(O)C1OC(=O)CCCC/C=C\C/C=C\C/C=C\C/C=C\CC)OC(=O)CCCCCCCCCCC. The normalized spacial score (nSPS) is 19.4. The minimum absolute atomic E-state index is 0.00194. The molecule has 1 saturated heterocycles. The van der Waals surface area contributed by atoms with E-state index >= 15 is 0 Å². The number of carboxylic acid groups (broad SMARTS) is 1. The van der Waals surface area contributed by atoms with E-state index in [9.17, 15) is 34.5 Å². The summed E-state index contributed by atoms with van der Waals surface area (Å²) in [6, 6.07) is 0.